The van der Waals surface area contributed by atoms with Gasteiger partial charge in [-0.15, -0.1) is 0 Å². The predicted octanol–water partition coefficient (Wildman–Crippen LogP) is 3.50. The van der Waals surface area contributed by atoms with Crippen LogP contribution in [-0.2, 0) is 11.2 Å². The molecule has 3 nitrogen and oxygen atoms in total. The van der Waals surface area contributed by atoms with Crippen molar-refractivity contribution >= 4 is 23.2 Å². The zero-order valence-corrected chi connectivity index (χ0v) is 11.3. The Morgan fingerprint density at radius 2 is 2.15 bits per heavy atom. The monoisotopic (exact) mass is 296 g/mol. The van der Waals surface area contributed by atoms with Gasteiger partial charge in [0.05, 0.1) is 18.3 Å². The lowest BCUT2D eigenvalue weighted by atomic mass is 10.1. The Morgan fingerprint density at radius 3 is 2.85 bits per heavy atom. The van der Waals surface area contributed by atoms with E-state index in [2.05, 4.69) is 10.3 Å². The van der Waals surface area contributed by atoms with Crippen molar-refractivity contribution in [3.63, 3.8) is 0 Å². The van der Waals surface area contributed by atoms with Gasteiger partial charge in [0.25, 0.3) is 0 Å². The van der Waals surface area contributed by atoms with E-state index < -0.39 is 17.5 Å². The molecule has 2 aromatic rings. The largest absolute Gasteiger partial charge is 0.324 e. The quantitative estimate of drug-likeness (QED) is 0.881. The first-order chi connectivity index (χ1) is 9.47. The highest BCUT2D eigenvalue weighted by molar-refractivity contribution is 6.30. The molecule has 20 heavy (non-hydrogen) atoms. The molecule has 0 saturated heterocycles. The predicted molar refractivity (Wildman–Crippen MR) is 72.7 cm³/mol. The second kappa shape index (κ2) is 5.96. The van der Waals surface area contributed by atoms with Crippen molar-refractivity contribution < 1.29 is 13.6 Å². The molecule has 0 fully saturated rings. The molecule has 0 atom stereocenters. The highest BCUT2D eigenvalue weighted by atomic mass is 35.5. The number of carbonyl (C=O) groups is 1. The van der Waals surface area contributed by atoms with E-state index in [0.29, 0.717) is 16.4 Å². The number of rotatable bonds is 3. The lowest BCUT2D eigenvalue weighted by molar-refractivity contribution is -0.115. The molecule has 0 radical (unpaired) electrons. The lowest BCUT2D eigenvalue weighted by Gasteiger charge is -2.07. The molecule has 1 N–H and O–H groups in total. The summed E-state index contributed by atoms with van der Waals surface area (Å²) in [5.74, 6) is -2.44. The second-order valence-electron chi connectivity index (χ2n) is 4.27. The van der Waals surface area contributed by atoms with Crippen LogP contribution in [-0.4, -0.2) is 10.9 Å². The lowest BCUT2D eigenvalue weighted by Crippen LogP contribution is -2.15. The summed E-state index contributed by atoms with van der Waals surface area (Å²) in [5, 5.41) is 2.90. The van der Waals surface area contributed by atoms with E-state index in [1.165, 1.54) is 18.3 Å². The van der Waals surface area contributed by atoms with Crippen LogP contribution < -0.4 is 5.32 Å². The number of benzene rings is 1. The van der Waals surface area contributed by atoms with Crippen LogP contribution in [0.15, 0.2) is 30.5 Å². The van der Waals surface area contributed by atoms with Crippen LogP contribution in [0.1, 0.15) is 11.1 Å². The number of hydrogen-bond acceptors (Lipinski definition) is 2. The number of hydrogen-bond donors (Lipinski definition) is 1. The molecular weight excluding hydrogens is 286 g/mol. The van der Waals surface area contributed by atoms with Crippen LogP contribution in [0.5, 0.6) is 0 Å². The van der Waals surface area contributed by atoms with Gasteiger partial charge in [-0.05, 0) is 24.6 Å². The maximum absolute atomic E-state index is 13.4. The molecule has 104 valence electrons. The Hall–Kier alpha value is -2.01. The van der Waals surface area contributed by atoms with Crippen LogP contribution >= 0.6 is 11.6 Å². The summed E-state index contributed by atoms with van der Waals surface area (Å²) in [6.45, 7) is 1.75. The minimum atomic E-state index is -1.01. The number of aryl methyl sites for hydroxylation is 1. The fourth-order valence-corrected chi connectivity index (χ4v) is 1.79. The number of halogens is 3. The van der Waals surface area contributed by atoms with E-state index in [4.69, 9.17) is 11.6 Å². The summed E-state index contributed by atoms with van der Waals surface area (Å²) in [7, 11) is 0. The molecule has 1 aromatic carbocycles. The van der Waals surface area contributed by atoms with Crippen molar-refractivity contribution in [1.29, 1.82) is 0 Å². The van der Waals surface area contributed by atoms with Crippen molar-refractivity contribution in [2.24, 2.45) is 0 Å². The van der Waals surface area contributed by atoms with Crippen LogP contribution in [0.2, 0.25) is 5.15 Å². The molecule has 0 spiro atoms. The standard InChI is InChI=1S/C14H11ClF2N2O/c1-8-5-10(7-18-14(8)15)19-12(20)6-9-3-2-4-11(16)13(9)17/h2-5,7H,6H2,1H3,(H,19,20). The summed E-state index contributed by atoms with van der Waals surface area (Å²) < 4.78 is 26.5. The number of nitrogens with zero attached hydrogens (tertiary/aromatic N) is 1. The highest BCUT2D eigenvalue weighted by Crippen LogP contribution is 2.17. The van der Waals surface area contributed by atoms with Crippen LogP contribution in [0.4, 0.5) is 14.5 Å². The molecule has 0 aliphatic carbocycles. The Balaban J connectivity index is 2.09. The summed E-state index contributed by atoms with van der Waals surface area (Å²) in [6.07, 6.45) is 1.14. The first-order valence-corrected chi connectivity index (χ1v) is 6.20. The van der Waals surface area contributed by atoms with Crippen molar-refractivity contribution in [2.75, 3.05) is 5.32 Å². The molecular formula is C14H11ClF2N2O. The van der Waals surface area contributed by atoms with Gasteiger partial charge in [-0.1, -0.05) is 23.7 Å². The van der Waals surface area contributed by atoms with E-state index in [9.17, 15) is 13.6 Å². The van der Waals surface area contributed by atoms with E-state index in [-0.39, 0.29) is 12.0 Å². The van der Waals surface area contributed by atoms with Gasteiger partial charge < -0.3 is 5.32 Å². The van der Waals surface area contributed by atoms with Gasteiger partial charge in [-0.25, -0.2) is 13.8 Å². The Morgan fingerprint density at radius 1 is 1.40 bits per heavy atom. The summed E-state index contributed by atoms with van der Waals surface area (Å²) in [6, 6.07) is 5.37. The minimum absolute atomic E-state index is 0.00106. The molecule has 0 aliphatic rings. The van der Waals surface area contributed by atoms with Crippen molar-refractivity contribution in [1.82, 2.24) is 4.98 Å². The molecule has 1 heterocycles. The van der Waals surface area contributed by atoms with Crippen molar-refractivity contribution in [2.45, 2.75) is 13.3 Å². The van der Waals surface area contributed by atoms with Crippen LogP contribution in [0, 0.1) is 18.6 Å². The molecule has 0 aliphatic heterocycles. The molecule has 0 saturated carbocycles. The number of carbonyl (C=O) groups excluding carboxylic acids is 1. The van der Waals surface area contributed by atoms with Gasteiger partial charge in [0.15, 0.2) is 11.6 Å². The molecule has 1 aromatic heterocycles. The average molecular weight is 297 g/mol. The van der Waals surface area contributed by atoms with E-state index in [1.807, 2.05) is 0 Å². The Labute approximate surface area is 119 Å². The SMILES string of the molecule is Cc1cc(NC(=O)Cc2cccc(F)c2F)cnc1Cl. The molecule has 6 heteroatoms. The maximum Gasteiger partial charge on any atom is 0.228 e. The van der Waals surface area contributed by atoms with E-state index >= 15 is 0 Å². The zero-order chi connectivity index (χ0) is 14.7. The van der Waals surface area contributed by atoms with E-state index in [0.717, 1.165) is 6.07 Å². The van der Waals surface area contributed by atoms with E-state index in [1.54, 1.807) is 13.0 Å². The summed E-state index contributed by atoms with van der Waals surface area (Å²) >= 11 is 5.77. The number of pyridine rings is 1. The first kappa shape index (κ1) is 14.4. The van der Waals surface area contributed by atoms with Gasteiger partial charge in [-0.2, -0.15) is 0 Å². The zero-order valence-electron chi connectivity index (χ0n) is 10.6. The summed E-state index contributed by atoms with van der Waals surface area (Å²) in [4.78, 5) is 15.7. The first-order valence-electron chi connectivity index (χ1n) is 5.82. The normalized spacial score (nSPS) is 10.4. The third kappa shape index (κ3) is 3.30. The van der Waals surface area contributed by atoms with Crippen LogP contribution in [0.3, 0.4) is 0 Å². The van der Waals surface area contributed by atoms with Crippen molar-refractivity contribution in [3.8, 4) is 0 Å². The number of amides is 1. The Kier molecular flexibility index (Phi) is 4.29. The smallest absolute Gasteiger partial charge is 0.228 e. The molecule has 0 bridgehead atoms. The second-order valence-corrected chi connectivity index (χ2v) is 4.63. The molecule has 1 amide bonds. The number of anilines is 1. The van der Waals surface area contributed by atoms with Gasteiger partial charge in [-0.3, -0.25) is 4.79 Å². The fourth-order valence-electron chi connectivity index (χ4n) is 1.69. The van der Waals surface area contributed by atoms with Gasteiger partial charge in [0.2, 0.25) is 5.91 Å². The van der Waals surface area contributed by atoms with Gasteiger partial charge >= 0.3 is 0 Å². The van der Waals surface area contributed by atoms with Gasteiger partial charge in [0.1, 0.15) is 5.15 Å². The van der Waals surface area contributed by atoms with Crippen LogP contribution in [0.25, 0.3) is 0 Å². The van der Waals surface area contributed by atoms with Crippen molar-refractivity contribution in [3.05, 3.63) is 58.4 Å². The maximum atomic E-state index is 13.4. The van der Waals surface area contributed by atoms with Gasteiger partial charge in [0, 0.05) is 5.56 Å². The fraction of sp³-hybridized carbons (Fsp3) is 0.143. The highest BCUT2D eigenvalue weighted by Gasteiger charge is 2.12. The third-order valence-corrected chi connectivity index (χ3v) is 3.08. The summed E-state index contributed by atoms with van der Waals surface area (Å²) in [5.41, 5.74) is 1.16. The number of nitrogens with one attached hydrogen (secondary N) is 1. The third-order valence-electron chi connectivity index (χ3n) is 2.68. The minimum Gasteiger partial charge on any atom is -0.324 e. The molecule has 2 rings (SSSR count). The average Bonchev–Trinajstić information content (AvgIpc) is 2.39. The Bertz CT molecular complexity index is 662. The molecule has 0 unspecified atom stereocenters. The number of aromatic nitrogens is 1. The topological polar surface area (TPSA) is 42.0 Å².